The number of hydrogen-bond donors (Lipinski definition) is 0. The topological polar surface area (TPSA) is 86.9 Å². The van der Waals surface area contributed by atoms with Gasteiger partial charge in [-0.3, -0.25) is 9.36 Å². The van der Waals surface area contributed by atoms with Gasteiger partial charge in [0.05, 0.1) is 17.4 Å². The van der Waals surface area contributed by atoms with Gasteiger partial charge in [-0.25, -0.2) is 4.98 Å². The summed E-state index contributed by atoms with van der Waals surface area (Å²) in [6.07, 6.45) is 7.59. The van der Waals surface area contributed by atoms with Crippen LogP contribution in [0, 0.1) is 0 Å². The smallest absolute Gasteiger partial charge is 0.283 e. The van der Waals surface area contributed by atoms with Crippen LogP contribution < -0.4 is 5.56 Å². The third kappa shape index (κ3) is 3.34. The molecule has 148 valence electrons. The molecule has 0 saturated heterocycles. The maximum absolute atomic E-state index is 13.2. The van der Waals surface area contributed by atoms with E-state index in [0.29, 0.717) is 35.0 Å². The van der Waals surface area contributed by atoms with Crippen molar-refractivity contribution in [3.8, 4) is 11.7 Å². The van der Waals surface area contributed by atoms with E-state index in [-0.39, 0.29) is 5.56 Å². The fraction of sp³-hybridized carbons (Fsp3) is 0.300. The molecule has 7 nitrogen and oxygen atoms in total. The van der Waals surface area contributed by atoms with Crippen LogP contribution in [0.25, 0.3) is 21.9 Å². The highest BCUT2D eigenvalue weighted by molar-refractivity contribution is 7.98. The van der Waals surface area contributed by atoms with E-state index in [9.17, 15) is 4.79 Å². The molecule has 4 aromatic heterocycles. The maximum Gasteiger partial charge on any atom is 0.283 e. The predicted molar refractivity (Wildman–Crippen MR) is 112 cm³/mol. The summed E-state index contributed by atoms with van der Waals surface area (Å²) < 4.78 is 12.6. The summed E-state index contributed by atoms with van der Waals surface area (Å²) in [5.41, 5.74) is 1.21. The summed E-state index contributed by atoms with van der Waals surface area (Å²) in [5, 5.41) is 9.51. The van der Waals surface area contributed by atoms with Gasteiger partial charge in [-0.2, -0.15) is 0 Å². The molecule has 0 atom stereocenters. The van der Waals surface area contributed by atoms with Crippen LogP contribution >= 0.6 is 23.1 Å². The fourth-order valence-electron chi connectivity index (χ4n) is 3.56. The highest BCUT2D eigenvalue weighted by Gasteiger charge is 2.22. The lowest BCUT2D eigenvalue weighted by Gasteiger charge is -2.12. The molecule has 0 N–H and O–H groups in total. The molecular weight excluding hydrogens is 408 g/mol. The molecule has 0 spiro atoms. The van der Waals surface area contributed by atoms with Crippen LogP contribution in [0.2, 0.25) is 0 Å². The highest BCUT2D eigenvalue weighted by Crippen LogP contribution is 2.35. The van der Waals surface area contributed by atoms with E-state index in [4.69, 9.17) is 13.8 Å². The summed E-state index contributed by atoms with van der Waals surface area (Å²) in [5.74, 6) is 1.73. The zero-order valence-corrected chi connectivity index (χ0v) is 17.2. The summed E-state index contributed by atoms with van der Waals surface area (Å²) in [4.78, 5) is 20.2. The molecular formula is C20H18N4O3S2. The number of fused-ring (bicyclic) bond motifs is 3. The van der Waals surface area contributed by atoms with Crippen LogP contribution in [0.4, 0.5) is 0 Å². The first-order valence-corrected chi connectivity index (χ1v) is 11.2. The summed E-state index contributed by atoms with van der Waals surface area (Å²) in [6.45, 7) is 4.21. The molecule has 0 bridgehead atoms. The quantitative estimate of drug-likeness (QED) is 0.256. The Morgan fingerprint density at radius 3 is 3.03 bits per heavy atom. The molecule has 4 aromatic rings. The Kier molecular flexibility index (Phi) is 4.84. The molecule has 29 heavy (non-hydrogen) atoms. The lowest BCUT2D eigenvalue weighted by atomic mass is 9.97. The molecule has 0 radical (unpaired) electrons. The Balaban J connectivity index is 1.48. The van der Waals surface area contributed by atoms with Crippen molar-refractivity contribution < 1.29 is 8.83 Å². The van der Waals surface area contributed by atoms with Crippen LogP contribution in [0.5, 0.6) is 0 Å². The van der Waals surface area contributed by atoms with Gasteiger partial charge in [0.25, 0.3) is 11.4 Å². The van der Waals surface area contributed by atoms with Gasteiger partial charge in [-0.05, 0) is 43.4 Å². The molecule has 0 aliphatic heterocycles. The lowest BCUT2D eigenvalue weighted by Crippen LogP contribution is -2.23. The summed E-state index contributed by atoms with van der Waals surface area (Å²) in [7, 11) is 0. The Morgan fingerprint density at radius 1 is 1.31 bits per heavy atom. The largest absolute Gasteiger partial charge is 0.459 e. The molecule has 0 unspecified atom stereocenters. The first kappa shape index (κ1) is 18.4. The van der Waals surface area contributed by atoms with Crippen LogP contribution in [0.1, 0.15) is 29.2 Å². The minimum absolute atomic E-state index is 0.0126. The van der Waals surface area contributed by atoms with Crippen molar-refractivity contribution in [3.63, 3.8) is 0 Å². The van der Waals surface area contributed by atoms with Gasteiger partial charge < -0.3 is 8.83 Å². The van der Waals surface area contributed by atoms with Gasteiger partial charge in [-0.15, -0.1) is 28.1 Å². The van der Waals surface area contributed by atoms with Crippen molar-refractivity contribution in [3.05, 3.63) is 57.7 Å². The third-order valence-corrected chi connectivity index (χ3v) is 7.02. The molecule has 0 aromatic carbocycles. The van der Waals surface area contributed by atoms with E-state index in [2.05, 4.69) is 16.8 Å². The van der Waals surface area contributed by atoms with Crippen molar-refractivity contribution in [1.82, 2.24) is 19.7 Å². The number of thioether (sulfide) groups is 1. The molecule has 1 aliphatic carbocycles. The van der Waals surface area contributed by atoms with Gasteiger partial charge in [0, 0.05) is 11.4 Å². The molecule has 9 heteroatoms. The zero-order valence-electron chi connectivity index (χ0n) is 15.6. The van der Waals surface area contributed by atoms with Gasteiger partial charge >= 0.3 is 0 Å². The number of furan rings is 1. The number of aryl methyl sites for hydroxylation is 2. The molecule has 4 heterocycles. The van der Waals surface area contributed by atoms with E-state index in [1.165, 1.54) is 28.6 Å². The monoisotopic (exact) mass is 426 g/mol. The lowest BCUT2D eigenvalue weighted by molar-refractivity contribution is 0.494. The predicted octanol–water partition coefficient (Wildman–Crippen LogP) is 4.46. The Morgan fingerprint density at radius 2 is 2.21 bits per heavy atom. The number of nitrogens with zero attached hydrogens (tertiary/aromatic N) is 4. The number of rotatable bonds is 6. The second-order valence-electron chi connectivity index (χ2n) is 6.76. The van der Waals surface area contributed by atoms with Crippen molar-refractivity contribution in [2.75, 3.05) is 0 Å². The van der Waals surface area contributed by atoms with E-state index in [0.717, 1.165) is 29.5 Å². The normalized spacial score (nSPS) is 13.7. The van der Waals surface area contributed by atoms with Crippen molar-refractivity contribution >= 4 is 33.3 Å². The van der Waals surface area contributed by atoms with Crippen LogP contribution in [-0.2, 0) is 25.1 Å². The van der Waals surface area contributed by atoms with E-state index in [1.54, 1.807) is 40.4 Å². The van der Waals surface area contributed by atoms with Crippen molar-refractivity contribution in [2.24, 2.45) is 0 Å². The van der Waals surface area contributed by atoms with Crippen LogP contribution in [-0.4, -0.2) is 19.7 Å². The first-order chi connectivity index (χ1) is 14.2. The molecule has 0 saturated carbocycles. The minimum Gasteiger partial charge on any atom is -0.459 e. The second kappa shape index (κ2) is 7.64. The van der Waals surface area contributed by atoms with Gasteiger partial charge in [-0.1, -0.05) is 17.8 Å². The van der Waals surface area contributed by atoms with Gasteiger partial charge in [0.15, 0.2) is 10.9 Å². The van der Waals surface area contributed by atoms with Gasteiger partial charge in [0.1, 0.15) is 4.83 Å². The highest BCUT2D eigenvalue weighted by atomic mass is 32.2. The average molecular weight is 427 g/mol. The molecule has 0 fully saturated rings. The minimum atomic E-state index is 0.0126. The maximum atomic E-state index is 13.2. The molecule has 5 rings (SSSR count). The number of hydrogen-bond acceptors (Lipinski definition) is 8. The van der Waals surface area contributed by atoms with E-state index in [1.807, 2.05) is 0 Å². The second-order valence-corrected chi connectivity index (χ2v) is 8.78. The number of aromatic nitrogens is 4. The Labute approximate surface area is 174 Å². The van der Waals surface area contributed by atoms with E-state index < -0.39 is 0 Å². The van der Waals surface area contributed by atoms with E-state index >= 15 is 0 Å². The summed E-state index contributed by atoms with van der Waals surface area (Å²) >= 11 is 3.06. The average Bonchev–Trinajstić information content (AvgIpc) is 3.47. The van der Waals surface area contributed by atoms with Crippen molar-refractivity contribution in [1.29, 1.82) is 0 Å². The number of thiophene rings is 1. The van der Waals surface area contributed by atoms with Crippen LogP contribution in [0.15, 0.2) is 49.8 Å². The molecule has 0 amide bonds. The number of allylic oxidation sites excluding steroid dienone is 1. The first-order valence-electron chi connectivity index (χ1n) is 9.39. The zero-order chi connectivity index (χ0) is 19.8. The summed E-state index contributed by atoms with van der Waals surface area (Å²) in [6, 6.07) is 3.53. The SMILES string of the molecule is C=CCn1c(SCc2nnc(-c3ccco3)o2)nc2sc3c(c2c1=O)CCCC3. The Hall–Kier alpha value is -2.65. The van der Waals surface area contributed by atoms with Gasteiger partial charge in [0.2, 0.25) is 5.89 Å². The standard InChI is InChI=1S/C20H18N4O3S2/c1-2-9-24-19(25)16-12-6-3-4-8-14(12)29-18(16)21-20(24)28-11-15-22-23-17(27-15)13-7-5-10-26-13/h2,5,7,10H,1,3-4,6,8-9,11H2. The van der Waals surface area contributed by atoms with Crippen molar-refractivity contribution in [2.45, 2.75) is 43.1 Å². The van der Waals surface area contributed by atoms with Crippen LogP contribution in [0.3, 0.4) is 0 Å². The fourth-order valence-corrected chi connectivity index (χ4v) is 5.71. The third-order valence-electron chi connectivity index (χ3n) is 4.88. The molecule has 1 aliphatic rings. The Bertz CT molecular complexity index is 1240.